The van der Waals surface area contributed by atoms with E-state index in [9.17, 15) is 14.9 Å². The number of fused-ring (bicyclic) bond motifs is 1. The molecule has 0 radical (unpaired) electrons. The lowest BCUT2D eigenvalue weighted by atomic mass is 9.93. The van der Waals surface area contributed by atoms with Crippen LogP contribution in [0.15, 0.2) is 85.1 Å². The number of pyridine rings is 1. The van der Waals surface area contributed by atoms with Crippen molar-refractivity contribution in [3.63, 3.8) is 0 Å². The molecular formula is C22H14N2O3. The van der Waals surface area contributed by atoms with Crippen molar-refractivity contribution in [2.45, 2.75) is 0 Å². The van der Waals surface area contributed by atoms with Gasteiger partial charge in [0.15, 0.2) is 5.78 Å². The number of rotatable bonds is 4. The van der Waals surface area contributed by atoms with E-state index in [1.54, 1.807) is 12.3 Å². The number of non-ortho nitro benzene ring substituents is 1. The molecule has 4 aromatic rings. The van der Waals surface area contributed by atoms with Crippen LogP contribution in [0, 0.1) is 10.1 Å². The maximum atomic E-state index is 13.4. The number of hydrogen-bond acceptors (Lipinski definition) is 4. The molecule has 0 aliphatic carbocycles. The summed E-state index contributed by atoms with van der Waals surface area (Å²) in [5, 5.41) is 12.7. The molecule has 0 bridgehead atoms. The van der Waals surface area contributed by atoms with Crippen LogP contribution in [0.25, 0.3) is 22.0 Å². The Hall–Kier alpha value is -3.86. The molecular weight excluding hydrogens is 340 g/mol. The quantitative estimate of drug-likeness (QED) is 0.292. The van der Waals surface area contributed by atoms with E-state index in [1.807, 2.05) is 54.6 Å². The van der Waals surface area contributed by atoms with E-state index in [-0.39, 0.29) is 17.0 Å². The lowest BCUT2D eigenvalue weighted by Crippen LogP contribution is -2.07. The van der Waals surface area contributed by atoms with Crippen molar-refractivity contribution in [3.8, 4) is 11.3 Å². The summed E-state index contributed by atoms with van der Waals surface area (Å²) >= 11 is 0. The maximum absolute atomic E-state index is 13.4. The van der Waals surface area contributed by atoms with Crippen molar-refractivity contribution in [2.75, 3.05) is 0 Å². The fourth-order valence-corrected chi connectivity index (χ4v) is 3.11. The molecule has 0 aliphatic rings. The second-order valence-electron chi connectivity index (χ2n) is 6.07. The molecule has 0 unspecified atom stereocenters. The number of aromatic nitrogens is 1. The first-order valence-corrected chi connectivity index (χ1v) is 8.37. The molecule has 0 spiro atoms. The summed E-state index contributed by atoms with van der Waals surface area (Å²) < 4.78 is 0. The average Bonchev–Trinajstić information content (AvgIpc) is 2.73. The first kappa shape index (κ1) is 16.6. The molecule has 0 amide bonds. The number of hydrogen-bond donors (Lipinski definition) is 0. The van der Waals surface area contributed by atoms with Gasteiger partial charge in [-0.15, -0.1) is 0 Å². The summed E-state index contributed by atoms with van der Waals surface area (Å²) in [7, 11) is 0. The molecule has 27 heavy (non-hydrogen) atoms. The third kappa shape index (κ3) is 3.06. The smallest absolute Gasteiger partial charge is 0.270 e. The lowest BCUT2D eigenvalue weighted by molar-refractivity contribution is -0.384. The van der Waals surface area contributed by atoms with E-state index >= 15 is 0 Å². The van der Waals surface area contributed by atoms with Gasteiger partial charge in [-0.2, -0.15) is 0 Å². The first-order valence-electron chi connectivity index (χ1n) is 8.37. The van der Waals surface area contributed by atoms with Gasteiger partial charge in [0.2, 0.25) is 0 Å². The van der Waals surface area contributed by atoms with Gasteiger partial charge < -0.3 is 0 Å². The number of carbonyl (C=O) groups is 1. The summed E-state index contributed by atoms with van der Waals surface area (Å²) in [4.78, 5) is 28.5. The van der Waals surface area contributed by atoms with Gasteiger partial charge in [-0.25, -0.2) is 0 Å². The fourth-order valence-electron chi connectivity index (χ4n) is 3.11. The Bertz CT molecular complexity index is 1170. The lowest BCUT2D eigenvalue weighted by Gasteiger charge is -2.12. The summed E-state index contributed by atoms with van der Waals surface area (Å²) in [5.74, 6) is -0.290. The normalized spacial score (nSPS) is 10.7. The zero-order chi connectivity index (χ0) is 18.8. The van der Waals surface area contributed by atoms with E-state index in [4.69, 9.17) is 0 Å². The molecule has 4 rings (SSSR count). The summed E-state index contributed by atoms with van der Waals surface area (Å²) in [6, 6.07) is 22.7. The third-order valence-electron chi connectivity index (χ3n) is 4.39. The number of nitro benzene ring substituents is 1. The van der Waals surface area contributed by atoms with Crippen molar-refractivity contribution in [1.29, 1.82) is 0 Å². The van der Waals surface area contributed by atoms with Crippen molar-refractivity contribution in [3.05, 3.63) is 106 Å². The predicted octanol–water partition coefficient (Wildman–Crippen LogP) is 5.04. The number of nitro groups is 1. The number of benzene rings is 3. The summed E-state index contributed by atoms with van der Waals surface area (Å²) in [6.45, 7) is 0. The van der Waals surface area contributed by atoms with Gasteiger partial charge in [-0.3, -0.25) is 19.9 Å². The van der Waals surface area contributed by atoms with Crippen LogP contribution in [0.1, 0.15) is 15.9 Å². The SMILES string of the molecule is O=C(c1cccc([N+](=O)[O-])c1)c1c(-c2ccccc2)ncc2ccccc12. The molecule has 130 valence electrons. The van der Waals surface area contributed by atoms with E-state index in [0.717, 1.165) is 16.3 Å². The Kier molecular flexibility index (Phi) is 4.18. The summed E-state index contributed by atoms with van der Waals surface area (Å²) in [6.07, 6.45) is 1.74. The molecule has 5 heteroatoms. The number of ketones is 1. The highest BCUT2D eigenvalue weighted by atomic mass is 16.6. The second-order valence-corrected chi connectivity index (χ2v) is 6.07. The van der Waals surface area contributed by atoms with E-state index in [1.165, 1.54) is 18.2 Å². The van der Waals surface area contributed by atoms with Gasteiger partial charge in [-0.1, -0.05) is 66.7 Å². The predicted molar refractivity (Wildman–Crippen MR) is 104 cm³/mol. The zero-order valence-electron chi connectivity index (χ0n) is 14.2. The van der Waals surface area contributed by atoms with Crippen LogP contribution in [0.2, 0.25) is 0 Å². The molecule has 0 saturated carbocycles. The largest absolute Gasteiger partial charge is 0.288 e. The highest BCUT2D eigenvalue weighted by molar-refractivity contribution is 6.19. The van der Waals surface area contributed by atoms with Gasteiger partial charge in [0.1, 0.15) is 0 Å². The third-order valence-corrected chi connectivity index (χ3v) is 4.39. The molecule has 0 saturated heterocycles. The van der Waals surface area contributed by atoms with Gasteiger partial charge >= 0.3 is 0 Å². The Balaban J connectivity index is 1.98. The second kappa shape index (κ2) is 6.80. The molecule has 1 heterocycles. The molecule has 0 aliphatic heterocycles. The van der Waals surface area contributed by atoms with Crippen LogP contribution in [-0.4, -0.2) is 15.7 Å². The Morgan fingerprint density at radius 3 is 2.41 bits per heavy atom. The molecule has 0 fully saturated rings. The van der Waals surface area contributed by atoms with Gasteiger partial charge in [0, 0.05) is 34.8 Å². The van der Waals surface area contributed by atoms with Crippen molar-refractivity contribution in [2.24, 2.45) is 0 Å². The maximum Gasteiger partial charge on any atom is 0.270 e. The minimum absolute atomic E-state index is 0.115. The molecule has 5 nitrogen and oxygen atoms in total. The van der Waals surface area contributed by atoms with Gasteiger partial charge in [0.25, 0.3) is 5.69 Å². The van der Waals surface area contributed by atoms with E-state index in [2.05, 4.69) is 4.98 Å². The first-order chi connectivity index (χ1) is 13.1. The van der Waals surface area contributed by atoms with Crippen molar-refractivity contribution in [1.82, 2.24) is 4.98 Å². The van der Waals surface area contributed by atoms with Gasteiger partial charge in [0.05, 0.1) is 16.2 Å². The molecule has 0 N–H and O–H groups in total. The summed E-state index contributed by atoms with van der Waals surface area (Å²) in [5.41, 5.74) is 1.97. The highest BCUT2D eigenvalue weighted by Crippen LogP contribution is 2.30. The van der Waals surface area contributed by atoms with E-state index < -0.39 is 4.92 Å². The Morgan fingerprint density at radius 1 is 0.889 bits per heavy atom. The highest BCUT2D eigenvalue weighted by Gasteiger charge is 2.21. The van der Waals surface area contributed by atoms with Crippen LogP contribution in [0.3, 0.4) is 0 Å². The van der Waals surface area contributed by atoms with Gasteiger partial charge in [-0.05, 0) is 5.39 Å². The zero-order valence-corrected chi connectivity index (χ0v) is 14.2. The monoisotopic (exact) mass is 354 g/mol. The van der Waals surface area contributed by atoms with Crippen LogP contribution in [-0.2, 0) is 0 Å². The minimum atomic E-state index is -0.504. The Morgan fingerprint density at radius 2 is 1.63 bits per heavy atom. The minimum Gasteiger partial charge on any atom is -0.288 e. The van der Waals surface area contributed by atoms with E-state index in [0.29, 0.717) is 11.3 Å². The Labute approximate surface area is 155 Å². The molecule has 1 aromatic heterocycles. The van der Waals surface area contributed by atoms with Crippen LogP contribution in [0.5, 0.6) is 0 Å². The fraction of sp³-hybridized carbons (Fsp3) is 0. The molecule has 3 aromatic carbocycles. The molecule has 0 atom stereocenters. The van der Waals surface area contributed by atoms with Crippen LogP contribution < -0.4 is 0 Å². The van der Waals surface area contributed by atoms with Crippen LogP contribution >= 0.6 is 0 Å². The van der Waals surface area contributed by atoms with Crippen molar-refractivity contribution < 1.29 is 9.72 Å². The number of nitrogens with zero attached hydrogens (tertiary/aromatic N) is 2. The number of carbonyl (C=O) groups excluding carboxylic acids is 1. The topological polar surface area (TPSA) is 73.1 Å². The van der Waals surface area contributed by atoms with Crippen molar-refractivity contribution >= 4 is 22.2 Å². The van der Waals surface area contributed by atoms with Crippen LogP contribution in [0.4, 0.5) is 5.69 Å². The average molecular weight is 354 g/mol. The standard InChI is InChI=1S/C22H14N2O3/c25-22(16-10-6-11-18(13-16)24(26)27)20-19-12-5-4-9-17(19)14-23-21(20)15-7-2-1-3-8-15/h1-14H.